The maximum absolute atomic E-state index is 12.4. The first-order valence-corrected chi connectivity index (χ1v) is 10.3. The molecule has 0 aromatic heterocycles. The summed E-state index contributed by atoms with van der Waals surface area (Å²) in [6, 6.07) is 20.8. The van der Waals surface area contributed by atoms with Gasteiger partial charge in [0.2, 0.25) is 0 Å². The lowest BCUT2D eigenvalue weighted by Gasteiger charge is -2.29. The van der Waals surface area contributed by atoms with E-state index >= 15 is 0 Å². The van der Waals surface area contributed by atoms with E-state index in [9.17, 15) is 4.79 Å². The van der Waals surface area contributed by atoms with Gasteiger partial charge in [-0.25, -0.2) is 10.2 Å². The van der Waals surface area contributed by atoms with Crippen LogP contribution in [0.25, 0.3) is 0 Å². The molecule has 0 spiro atoms. The third-order valence-electron chi connectivity index (χ3n) is 4.89. The molecule has 1 heterocycles. The van der Waals surface area contributed by atoms with Gasteiger partial charge in [0.1, 0.15) is 0 Å². The van der Waals surface area contributed by atoms with Crippen molar-refractivity contribution in [2.24, 2.45) is 5.10 Å². The van der Waals surface area contributed by atoms with Crippen molar-refractivity contribution in [1.82, 2.24) is 5.43 Å². The first kappa shape index (κ1) is 20.3. The number of nitrogens with one attached hydrogen (secondary N) is 3. The van der Waals surface area contributed by atoms with Crippen LogP contribution < -0.4 is 16.1 Å². The lowest BCUT2D eigenvalue weighted by molar-refractivity contribution is 0.252. The normalized spacial score (nSPS) is 16.5. The van der Waals surface area contributed by atoms with Crippen molar-refractivity contribution < 1.29 is 4.79 Å². The molecule has 0 radical (unpaired) electrons. The molecule has 30 heavy (non-hydrogen) atoms. The first-order chi connectivity index (χ1) is 14.5. The predicted molar refractivity (Wildman–Crippen MR) is 124 cm³/mol. The van der Waals surface area contributed by atoms with Crippen LogP contribution in [0, 0.1) is 6.92 Å². The third-order valence-corrected chi connectivity index (χ3v) is 5.43. The van der Waals surface area contributed by atoms with E-state index in [4.69, 9.17) is 23.2 Å². The molecule has 1 unspecified atom stereocenters. The van der Waals surface area contributed by atoms with E-state index in [2.05, 4.69) is 45.4 Å². The van der Waals surface area contributed by atoms with E-state index in [-0.39, 0.29) is 6.04 Å². The summed E-state index contributed by atoms with van der Waals surface area (Å²) in [5.41, 5.74) is 8.11. The van der Waals surface area contributed by atoms with Crippen molar-refractivity contribution in [2.75, 3.05) is 10.6 Å². The number of fused-ring (bicyclic) bond motifs is 1. The summed E-state index contributed by atoms with van der Waals surface area (Å²) in [6.45, 7) is 2.03. The highest BCUT2D eigenvalue weighted by Crippen LogP contribution is 2.33. The van der Waals surface area contributed by atoms with Crippen LogP contribution in [0.1, 0.15) is 29.2 Å². The number of urea groups is 1. The summed E-state index contributed by atoms with van der Waals surface area (Å²) < 4.78 is 0. The number of hydrazone groups is 1. The predicted octanol–water partition coefficient (Wildman–Crippen LogP) is 6.38. The van der Waals surface area contributed by atoms with E-state index in [1.54, 1.807) is 18.2 Å². The summed E-state index contributed by atoms with van der Waals surface area (Å²) in [5.74, 6) is 0. The van der Waals surface area contributed by atoms with Crippen molar-refractivity contribution in [2.45, 2.75) is 19.4 Å². The average molecular weight is 439 g/mol. The van der Waals surface area contributed by atoms with Crippen LogP contribution in [-0.4, -0.2) is 11.7 Å². The SMILES string of the molecule is Cc1ccc2c(c1)C(=NNC(=O)Nc1ccc(Cl)cc1Cl)CC(c1ccccc1)N2. The number of halogens is 2. The Morgan fingerprint density at radius 3 is 2.63 bits per heavy atom. The molecule has 3 N–H and O–H groups in total. The summed E-state index contributed by atoms with van der Waals surface area (Å²) in [5, 5.41) is 11.6. The Kier molecular flexibility index (Phi) is 5.93. The summed E-state index contributed by atoms with van der Waals surface area (Å²) >= 11 is 12.0. The molecular weight excluding hydrogens is 419 g/mol. The second-order valence-corrected chi connectivity index (χ2v) is 7.95. The fraction of sp³-hybridized carbons (Fsp3) is 0.130. The Bertz CT molecular complexity index is 1120. The molecule has 0 fully saturated rings. The van der Waals surface area contributed by atoms with Crippen LogP contribution >= 0.6 is 23.2 Å². The molecule has 3 aromatic carbocycles. The summed E-state index contributed by atoms with van der Waals surface area (Å²) in [7, 11) is 0. The molecule has 0 aliphatic carbocycles. The molecule has 3 aromatic rings. The molecule has 1 aliphatic rings. The minimum absolute atomic E-state index is 0.0655. The molecule has 152 valence electrons. The van der Waals surface area contributed by atoms with Crippen LogP contribution in [0.4, 0.5) is 16.2 Å². The molecule has 2 amide bonds. The van der Waals surface area contributed by atoms with Crippen LogP contribution in [0.2, 0.25) is 10.0 Å². The minimum Gasteiger partial charge on any atom is -0.377 e. The van der Waals surface area contributed by atoms with Crippen molar-refractivity contribution in [1.29, 1.82) is 0 Å². The zero-order valence-electron chi connectivity index (χ0n) is 16.2. The molecular formula is C23H20Cl2N4O. The summed E-state index contributed by atoms with van der Waals surface area (Å²) in [4.78, 5) is 12.4. The molecule has 0 saturated carbocycles. The molecule has 5 nitrogen and oxygen atoms in total. The lowest BCUT2D eigenvalue weighted by atomic mass is 9.91. The van der Waals surface area contributed by atoms with Crippen LogP contribution in [0.5, 0.6) is 0 Å². The average Bonchev–Trinajstić information content (AvgIpc) is 2.74. The van der Waals surface area contributed by atoms with Crippen molar-refractivity contribution in [3.63, 3.8) is 0 Å². The largest absolute Gasteiger partial charge is 0.377 e. The molecule has 1 atom stereocenters. The van der Waals surface area contributed by atoms with Gasteiger partial charge in [-0.15, -0.1) is 0 Å². The number of rotatable bonds is 3. The third kappa shape index (κ3) is 4.58. The van der Waals surface area contributed by atoms with E-state index in [1.165, 1.54) is 0 Å². The summed E-state index contributed by atoms with van der Waals surface area (Å²) in [6.07, 6.45) is 0.641. The van der Waals surface area contributed by atoms with E-state index in [1.807, 2.05) is 31.2 Å². The highest BCUT2D eigenvalue weighted by molar-refractivity contribution is 6.36. The van der Waals surface area contributed by atoms with Gasteiger partial charge in [-0.05, 0) is 42.8 Å². The van der Waals surface area contributed by atoms with Gasteiger partial charge < -0.3 is 10.6 Å². The number of amides is 2. The maximum atomic E-state index is 12.4. The second-order valence-electron chi connectivity index (χ2n) is 7.11. The van der Waals surface area contributed by atoms with Gasteiger partial charge >= 0.3 is 6.03 Å². The van der Waals surface area contributed by atoms with Gasteiger partial charge in [0.25, 0.3) is 0 Å². The Morgan fingerprint density at radius 2 is 1.87 bits per heavy atom. The first-order valence-electron chi connectivity index (χ1n) is 9.51. The fourth-order valence-electron chi connectivity index (χ4n) is 3.42. The number of carbonyl (C=O) groups excluding carboxylic acids is 1. The van der Waals surface area contributed by atoms with E-state index in [0.717, 1.165) is 28.1 Å². The fourth-order valence-corrected chi connectivity index (χ4v) is 3.87. The van der Waals surface area contributed by atoms with Crippen molar-refractivity contribution >= 4 is 46.3 Å². The number of carbonyl (C=O) groups is 1. The van der Waals surface area contributed by atoms with Gasteiger partial charge in [0, 0.05) is 22.7 Å². The Hall–Kier alpha value is -3.02. The smallest absolute Gasteiger partial charge is 0.339 e. The molecule has 4 rings (SSSR count). The van der Waals surface area contributed by atoms with E-state index < -0.39 is 6.03 Å². The minimum atomic E-state index is -0.476. The van der Waals surface area contributed by atoms with Crippen LogP contribution in [-0.2, 0) is 0 Å². The molecule has 0 saturated heterocycles. The Morgan fingerprint density at radius 1 is 1.07 bits per heavy atom. The maximum Gasteiger partial charge on any atom is 0.339 e. The lowest BCUT2D eigenvalue weighted by Crippen LogP contribution is -2.29. The topological polar surface area (TPSA) is 65.5 Å². The number of anilines is 2. The van der Waals surface area contributed by atoms with Crippen molar-refractivity contribution in [3.05, 3.63) is 93.5 Å². The van der Waals surface area contributed by atoms with Gasteiger partial charge in [-0.2, -0.15) is 5.10 Å². The Labute approximate surface area is 185 Å². The molecule has 7 heteroatoms. The number of hydrogen-bond donors (Lipinski definition) is 3. The number of aryl methyl sites for hydroxylation is 1. The second kappa shape index (κ2) is 8.78. The number of nitrogens with zero attached hydrogens (tertiary/aromatic N) is 1. The number of benzene rings is 3. The van der Waals surface area contributed by atoms with Crippen LogP contribution in [0.3, 0.4) is 0 Å². The van der Waals surface area contributed by atoms with E-state index in [0.29, 0.717) is 22.2 Å². The van der Waals surface area contributed by atoms with Gasteiger partial charge in [-0.3, -0.25) is 0 Å². The standard InChI is InChI=1S/C23H20Cl2N4O/c1-14-7-9-19-17(11-14)22(13-21(26-19)15-5-3-2-4-6-15)28-29-23(30)27-20-10-8-16(24)12-18(20)25/h2-12,21,26H,13H2,1H3,(H2,27,29,30). The van der Waals surface area contributed by atoms with Crippen molar-refractivity contribution in [3.8, 4) is 0 Å². The number of hydrogen-bond acceptors (Lipinski definition) is 3. The Balaban J connectivity index is 1.57. The monoisotopic (exact) mass is 438 g/mol. The quantitative estimate of drug-likeness (QED) is 0.415. The van der Waals surface area contributed by atoms with Gasteiger partial charge in [-0.1, -0.05) is 65.2 Å². The zero-order valence-corrected chi connectivity index (χ0v) is 17.8. The highest BCUT2D eigenvalue weighted by Gasteiger charge is 2.24. The molecule has 0 bridgehead atoms. The highest BCUT2D eigenvalue weighted by atomic mass is 35.5. The van der Waals surface area contributed by atoms with Crippen LogP contribution in [0.15, 0.2) is 71.8 Å². The molecule has 1 aliphatic heterocycles. The van der Waals surface area contributed by atoms with Gasteiger partial charge in [0.15, 0.2) is 0 Å². The van der Waals surface area contributed by atoms with Gasteiger partial charge in [0.05, 0.1) is 22.5 Å². The zero-order chi connectivity index (χ0) is 21.1.